The zero-order chi connectivity index (χ0) is 13.2. The topological polar surface area (TPSA) is 37.0 Å². The largest absolute Gasteiger partial charge is 0.339 e. The highest BCUT2D eigenvalue weighted by atomic mass is 79.9. The van der Waals surface area contributed by atoms with E-state index in [0.717, 1.165) is 29.7 Å². The molecule has 0 spiro atoms. The zero-order valence-corrected chi connectivity index (χ0v) is 12.6. The standard InChI is InChI=1S/C14H13BrClN3/c15-10-6-12(16)14(18-8-10)19-13-3-1-2-9-7-17-5-4-11(9)13/h1-3,6,8,17H,4-5,7H2,(H,18,19). The minimum absolute atomic E-state index is 0.612. The van der Waals surface area contributed by atoms with Gasteiger partial charge in [0.15, 0.2) is 0 Å². The summed E-state index contributed by atoms with van der Waals surface area (Å²) in [6.45, 7) is 1.93. The summed E-state index contributed by atoms with van der Waals surface area (Å²) in [5.41, 5.74) is 3.78. The number of pyridine rings is 1. The van der Waals surface area contributed by atoms with Gasteiger partial charge in [0.25, 0.3) is 0 Å². The van der Waals surface area contributed by atoms with Gasteiger partial charge in [0, 0.05) is 22.9 Å². The number of halogens is 2. The van der Waals surface area contributed by atoms with Crippen molar-refractivity contribution >= 4 is 39.0 Å². The van der Waals surface area contributed by atoms with Gasteiger partial charge in [0.2, 0.25) is 0 Å². The van der Waals surface area contributed by atoms with Crippen molar-refractivity contribution in [2.75, 3.05) is 11.9 Å². The Morgan fingerprint density at radius 2 is 2.26 bits per heavy atom. The van der Waals surface area contributed by atoms with Crippen molar-refractivity contribution in [1.29, 1.82) is 0 Å². The Balaban J connectivity index is 1.95. The lowest BCUT2D eigenvalue weighted by Crippen LogP contribution is -2.24. The van der Waals surface area contributed by atoms with Crippen LogP contribution in [0.25, 0.3) is 0 Å². The van der Waals surface area contributed by atoms with Crippen LogP contribution in [0.5, 0.6) is 0 Å². The van der Waals surface area contributed by atoms with Gasteiger partial charge in [-0.2, -0.15) is 0 Å². The van der Waals surface area contributed by atoms with Crippen molar-refractivity contribution in [1.82, 2.24) is 10.3 Å². The molecule has 1 aliphatic rings. The van der Waals surface area contributed by atoms with Gasteiger partial charge < -0.3 is 10.6 Å². The van der Waals surface area contributed by atoms with E-state index in [1.54, 1.807) is 6.20 Å². The van der Waals surface area contributed by atoms with E-state index < -0.39 is 0 Å². The predicted octanol–water partition coefficient (Wildman–Crippen LogP) is 3.89. The van der Waals surface area contributed by atoms with Crippen molar-refractivity contribution in [2.24, 2.45) is 0 Å². The monoisotopic (exact) mass is 337 g/mol. The van der Waals surface area contributed by atoms with Crippen LogP contribution < -0.4 is 10.6 Å². The lowest BCUT2D eigenvalue weighted by atomic mass is 9.99. The SMILES string of the molecule is Clc1cc(Br)cnc1Nc1cccc2c1CCNC2. The van der Waals surface area contributed by atoms with Crippen LogP contribution >= 0.6 is 27.5 Å². The molecule has 0 saturated carbocycles. The van der Waals surface area contributed by atoms with Gasteiger partial charge in [-0.25, -0.2) is 4.98 Å². The van der Waals surface area contributed by atoms with E-state index in [4.69, 9.17) is 11.6 Å². The molecule has 2 N–H and O–H groups in total. The number of benzene rings is 1. The molecule has 19 heavy (non-hydrogen) atoms. The summed E-state index contributed by atoms with van der Waals surface area (Å²) < 4.78 is 0.877. The van der Waals surface area contributed by atoms with Crippen LogP contribution in [0.3, 0.4) is 0 Å². The first-order valence-electron chi connectivity index (χ1n) is 6.13. The van der Waals surface area contributed by atoms with E-state index >= 15 is 0 Å². The molecule has 1 aliphatic heterocycles. The highest BCUT2D eigenvalue weighted by molar-refractivity contribution is 9.10. The summed E-state index contributed by atoms with van der Waals surface area (Å²) in [5, 5.41) is 7.32. The predicted molar refractivity (Wildman–Crippen MR) is 82.1 cm³/mol. The van der Waals surface area contributed by atoms with Gasteiger partial charge in [-0.3, -0.25) is 0 Å². The minimum Gasteiger partial charge on any atom is -0.339 e. The highest BCUT2D eigenvalue weighted by Gasteiger charge is 2.13. The van der Waals surface area contributed by atoms with Gasteiger partial charge in [-0.05, 0) is 52.2 Å². The third-order valence-electron chi connectivity index (χ3n) is 3.20. The molecule has 3 rings (SSSR count). The molecule has 98 valence electrons. The molecule has 1 aromatic heterocycles. The maximum Gasteiger partial charge on any atom is 0.149 e. The molecule has 0 saturated heterocycles. The molecule has 1 aromatic carbocycles. The van der Waals surface area contributed by atoms with Gasteiger partial charge in [-0.15, -0.1) is 0 Å². The smallest absolute Gasteiger partial charge is 0.149 e. The Morgan fingerprint density at radius 3 is 3.11 bits per heavy atom. The van der Waals surface area contributed by atoms with Crippen molar-refractivity contribution in [3.63, 3.8) is 0 Å². The fraction of sp³-hybridized carbons (Fsp3) is 0.214. The number of aromatic nitrogens is 1. The molecule has 0 unspecified atom stereocenters. The van der Waals surface area contributed by atoms with E-state index in [0.29, 0.717) is 10.8 Å². The number of hydrogen-bond acceptors (Lipinski definition) is 3. The quantitative estimate of drug-likeness (QED) is 0.872. The Labute approximate surface area is 125 Å². The maximum atomic E-state index is 6.20. The fourth-order valence-corrected chi connectivity index (χ4v) is 2.96. The van der Waals surface area contributed by atoms with Gasteiger partial charge >= 0.3 is 0 Å². The molecule has 3 nitrogen and oxygen atoms in total. The van der Waals surface area contributed by atoms with Crippen molar-refractivity contribution in [2.45, 2.75) is 13.0 Å². The summed E-state index contributed by atoms with van der Waals surface area (Å²) >= 11 is 9.55. The average Bonchev–Trinajstić information content (AvgIpc) is 2.42. The molecule has 0 radical (unpaired) electrons. The van der Waals surface area contributed by atoms with Crippen molar-refractivity contribution in [3.8, 4) is 0 Å². The Bertz CT molecular complexity index is 616. The number of fused-ring (bicyclic) bond motifs is 1. The normalized spacial score (nSPS) is 14.0. The number of hydrogen-bond donors (Lipinski definition) is 2. The summed E-state index contributed by atoms with van der Waals surface area (Å²) in [4.78, 5) is 4.32. The second kappa shape index (κ2) is 5.49. The third kappa shape index (κ3) is 2.76. The van der Waals surface area contributed by atoms with Crippen LogP contribution in [0.15, 0.2) is 34.9 Å². The van der Waals surface area contributed by atoms with Crippen LogP contribution in [-0.2, 0) is 13.0 Å². The Morgan fingerprint density at radius 1 is 1.37 bits per heavy atom. The van der Waals surface area contributed by atoms with Gasteiger partial charge in [-0.1, -0.05) is 23.7 Å². The van der Waals surface area contributed by atoms with Crippen molar-refractivity contribution < 1.29 is 0 Å². The molecular formula is C14H13BrClN3. The van der Waals surface area contributed by atoms with Crippen LogP contribution in [0, 0.1) is 0 Å². The van der Waals surface area contributed by atoms with E-state index in [1.807, 2.05) is 6.07 Å². The molecule has 0 aliphatic carbocycles. The highest BCUT2D eigenvalue weighted by Crippen LogP contribution is 2.29. The molecule has 5 heteroatoms. The maximum absolute atomic E-state index is 6.20. The first kappa shape index (κ1) is 12.9. The average molecular weight is 339 g/mol. The molecule has 0 fully saturated rings. The van der Waals surface area contributed by atoms with Crippen LogP contribution in [0.2, 0.25) is 5.02 Å². The Hall–Kier alpha value is -1.10. The molecule has 0 bridgehead atoms. The summed E-state index contributed by atoms with van der Waals surface area (Å²) in [6.07, 6.45) is 2.76. The first-order chi connectivity index (χ1) is 9.24. The molecule has 0 atom stereocenters. The Kier molecular flexibility index (Phi) is 3.73. The summed E-state index contributed by atoms with van der Waals surface area (Å²) in [5.74, 6) is 0.691. The lowest BCUT2D eigenvalue weighted by molar-refractivity contribution is 0.645. The minimum atomic E-state index is 0.612. The van der Waals surface area contributed by atoms with E-state index in [1.165, 1.54) is 11.1 Å². The van der Waals surface area contributed by atoms with E-state index in [2.05, 4.69) is 49.7 Å². The van der Waals surface area contributed by atoms with E-state index in [-0.39, 0.29) is 0 Å². The zero-order valence-electron chi connectivity index (χ0n) is 10.2. The summed E-state index contributed by atoms with van der Waals surface area (Å²) in [6, 6.07) is 8.13. The number of anilines is 2. The van der Waals surface area contributed by atoms with E-state index in [9.17, 15) is 0 Å². The molecule has 2 aromatic rings. The lowest BCUT2D eigenvalue weighted by Gasteiger charge is -2.21. The fourth-order valence-electron chi connectivity index (χ4n) is 2.28. The van der Waals surface area contributed by atoms with Crippen LogP contribution in [0.1, 0.15) is 11.1 Å². The van der Waals surface area contributed by atoms with Gasteiger partial charge in [0.05, 0.1) is 5.02 Å². The third-order valence-corrected chi connectivity index (χ3v) is 3.92. The van der Waals surface area contributed by atoms with Crippen molar-refractivity contribution in [3.05, 3.63) is 51.1 Å². The molecular weight excluding hydrogens is 326 g/mol. The van der Waals surface area contributed by atoms with Crippen LogP contribution in [0.4, 0.5) is 11.5 Å². The number of nitrogens with zero attached hydrogens (tertiary/aromatic N) is 1. The molecule has 2 heterocycles. The number of rotatable bonds is 2. The van der Waals surface area contributed by atoms with Gasteiger partial charge in [0.1, 0.15) is 5.82 Å². The second-order valence-corrected chi connectivity index (χ2v) is 5.80. The van der Waals surface area contributed by atoms with Crippen LogP contribution in [-0.4, -0.2) is 11.5 Å². The second-order valence-electron chi connectivity index (χ2n) is 4.48. The molecule has 0 amide bonds. The summed E-state index contributed by atoms with van der Waals surface area (Å²) in [7, 11) is 0. The first-order valence-corrected chi connectivity index (χ1v) is 7.30. The number of nitrogens with one attached hydrogen (secondary N) is 2.